The van der Waals surface area contributed by atoms with Crippen LogP contribution >= 0.6 is 23.1 Å². The van der Waals surface area contributed by atoms with E-state index in [0.717, 1.165) is 15.7 Å². The van der Waals surface area contributed by atoms with Gasteiger partial charge < -0.3 is 15.8 Å². The van der Waals surface area contributed by atoms with E-state index in [1.807, 2.05) is 24.3 Å². The van der Waals surface area contributed by atoms with E-state index in [2.05, 4.69) is 15.5 Å². The van der Waals surface area contributed by atoms with Crippen molar-refractivity contribution in [3.05, 3.63) is 29.8 Å². The number of carbonyl (C=O) groups excluding carboxylic acids is 1. The molecular formula is C13H16N4O2S2. The standard InChI is InChI=1S/C13H16N4O2S2/c1-8(11(14)18)20-13-17-16-12(21-13)15-7-9-3-5-10(19-2)6-4-9/h3-6,8H,7H2,1-2H3,(H2,14,18)(H,15,16). The van der Waals surface area contributed by atoms with Gasteiger partial charge in [-0.15, -0.1) is 10.2 Å². The number of primary amides is 1. The number of nitrogens with one attached hydrogen (secondary N) is 1. The number of aromatic nitrogens is 2. The SMILES string of the molecule is COc1ccc(CNc2nnc(SC(C)C(N)=O)s2)cc1. The molecule has 8 heteroatoms. The molecule has 112 valence electrons. The highest BCUT2D eigenvalue weighted by molar-refractivity contribution is 8.02. The first-order valence-corrected chi connectivity index (χ1v) is 7.94. The molecule has 0 spiro atoms. The number of amides is 1. The molecule has 0 fully saturated rings. The first-order valence-electron chi connectivity index (χ1n) is 6.24. The molecule has 0 aliphatic carbocycles. The van der Waals surface area contributed by atoms with Crippen molar-refractivity contribution >= 4 is 34.1 Å². The van der Waals surface area contributed by atoms with Gasteiger partial charge >= 0.3 is 0 Å². The molecule has 0 aliphatic rings. The molecule has 0 radical (unpaired) electrons. The molecule has 6 nitrogen and oxygen atoms in total. The van der Waals surface area contributed by atoms with Gasteiger partial charge in [0.1, 0.15) is 5.75 Å². The predicted molar refractivity (Wildman–Crippen MR) is 84.7 cm³/mol. The number of nitrogens with zero attached hydrogens (tertiary/aromatic N) is 2. The normalized spacial score (nSPS) is 11.9. The van der Waals surface area contributed by atoms with Crippen molar-refractivity contribution in [2.75, 3.05) is 12.4 Å². The molecule has 1 heterocycles. The zero-order valence-electron chi connectivity index (χ0n) is 11.7. The Balaban J connectivity index is 1.88. The van der Waals surface area contributed by atoms with Gasteiger partial charge in [-0.2, -0.15) is 0 Å². The fourth-order valence-corrected chi connectivity index (χ4v) is 3.30. The molecule has 2 rings (SSSR count). The molecule has 2 aromatic rings. The number of carbonyl (C=O) groups is 1. The molecule has 3 N–H and O–H groups in total. The topological polar surface area (TPSA) is 90.1 Å². The average Bonchev–Trinajstić information content (AvgIpc) is 2.93. The van der Waals surface area contributed by atoms with Crippen LogP contribution in [0.5, 0.6) is 5.75 Å². The van der Waals surface area contributed by atoms with Gasteiger partial charge in [0.15, 0.2) is 4.34 Å². The molecule has 1 aromatic heterocycles. The van der Waals surface area contributed by atoms with Crippen LogP contribution in [0.4, 0.5) is 5.13 Å². The van der Waals surface area contributed by atoms with Crippen LogP contribution in [0.1, 0.15) is 12.5 Å². The van der Waals surface area contributed by atoms with Crippen molar-refractivity contribution in [3.8, 4) is 5.75 Å². The minimum absolute atomic E-state index is 0.313. The molecule has 1 unspecified atom stereocenters. The van der Waals surface area contributed by atoms with Crippen LogP contribution in [-0.4, -0.2) is 28.5 Å². The lowest BCUT2D eigenvalue weighted by molar-refractivity contribution is -0.117. The van der Waals surface area contributed by atoms with Crippen LogP contribution in [0.2, 0.25) is 0 Å². The Hall–Kier alpha value is -1.80. The molecule has 1 aromatic carbocycles. The van der Waals surface area contributed by atoms with Crippen LogP contribution in [0, 0.1) is 0 Å². The van der Waals surface area contributed by atoms with Crippen molar-refractivity contribution in [3.63, 3.8) is 0 Å². The number of ether oxygens (including phenoxy) is 1. The largest absolute Gasteiger partial charge is 0.497 e. The van der Waals surface area contributed by atoms with Crippen molar-refractivity contribution in [1.82, 2.24) is 10.2 Å². The number of benzene rings is 1. The summed E-state index contributed by atoms with van der Waals surface area (Å²) < 4.78 is 5.83. The van der Waals surface area contributed by atoms with E-state index in [1.54, 1.807) is 14.0 Å². The lowest BCUT2D eigenvalue weighted by Gasteiger charge is -2.04. The van der Waals surface area contributed by atoms with Gasteiger partial charge in [0, 0.05) is 6.54 Å². The highest BCUT2D eigenvalue weighted by Gasteiger charge is 2.14. The Morgan fingerprint density at radius 3 is 2.76 bits per heavy atom. The molecule has 21 heavy (non-hydrogen) atoms. The molecule has 0 aliphatic heterocycles. The van der Waals surface area contributed by atoms with Gasteiger partial charge in [0.25, 0.3) is 0 Å². The number of thioether (sulfide) groups is 1. The van der Waals surface area contributed by atoms with Crippen LogP contribution in [0.15, 0.2) is 28.6 Å². The summed E-state index contributed by atoms with van der Waals surface area (Å²) in [6.45, 7) is 2.40. The molecule has 0 saturated heterocycles. The Bertz CT molecular complexity index is 600. The highest BCUT2D eigenvalue weighted by Crippen LogP contribution is 2.28. The Labute approximate surface area is 131 Å². The second-order valence-corrected chi connectivity index (χ2v) is 6.80. The van der Waals surface area contributed by atoms with Gasteiger partial charge in [0.05, 0.1) is 12.4 Å². The van der Waals surface area contributed by atoms with Crippen molar-refractivity contribution in [1.29, 1.82) is 0 Å². The lowest BCUT2D eigenvalue weighted by Crippen LogP contribution is -2.22. The van der Waals surface area contributed by atoms with Gasteiger partial charge in [-0.1, -0.05) is 35.2 Å². The first-order chi connectivity index (χ1) is 10.1. The van der Waals surface area contributed by atoms with Gasteiger partial charge in [-0.05, 0) is 24.6 Å². The number of methoxy groups -OCH3 is 1. The van der Waals surface area contributed by atoms with Gasteiger partial charge in [-0.25, -0.2) is 0 Å². The van der Waals surface area contributed by atoms with Crippen LogP contribution in [0.3, 0.4) is 0 Å². The highest BCUT2D eigenvalue weighted by atomic mass is 32.2. The van der Waals surface area contributed by atoms with E-state index < -0.39 is 0 Å². The molecular weight excluding hydrogens is 308 g/mol. The molecule has 1 atom stereocenters. The summed E-state index contributed by atoms with van der Waals surface area (Å²) in [5.41, 5.74) is 6.34. The first kappa shape index (κ1) is 15.6. The molecule has 1 amide bonds. The third-order valence-electron chi connectivity index (χ3n) is 2.69. The zero-order valence-corrected chi connectivity index (χ0v) is 13.3. The zero-order chi connectivity index (χ0) is 15.2. The summed E-state index contributed by atoms with van der Waals surface area (Å²) in [4.78, 5) is 11.0. The number of nitrogens with two attached hydrogens (primary N) is 1. The number of hydrogen-bond donors (Lipinski definition) is 2. The average molecular weight is 324 g/mol. The molecule has 0 bridgehead atoms. The van der Waals surface area contributed by atoms with Crippen molar-refractivity contribution < 1.29 is 9.53 Å². The maximum Gasteiger partial charge on any atom is 0.230 e. The second-order valence-electron chi connectivity index (χ2n) is 4.24. The van der Waals surface area contributed by atoms with E-state index >= 15 is 0 Å². The maximum atomic E-state index is 11.0. The summed E-state index contributed by atoms with van der Waals surface area (Å²) in [6.07, 6.45) is 0. The minimum Gasteiger partial charge on any atom is -0.497 e. The van der Waals surface area contributed by atoms with E-state index in [4.69, 9.17) is 10.5 Å². The maximum absolute atomic E-state index is 11.0. The van der Waals surface area contributed by atoms with Crippen LogP contribution in [-0.2, 0) is 11.3 Å². The number of rotatable bonds is 7. The smallest absolute Gasteiger partial charge is 0.230 e. The minimum atomic E-state index is -0.358. The second kappa shape index (κ2) is 7.28. The lowest BCUT2D eigenvalue weighted by atomic mass is 10.2. The van der Waals surface area contributed by atoms with Crippen LogP contribution < -0.4 is 15.8 Å². The summed E-state index contributed by atoms with van der Waals surface area (Å²) in [7, 11) is 1.64. The van der Waals surface area contributed by atoms with Crippen LogP contribution in [0.25, 0.3) is 0 Å². The summed E-state index contributed by atoms with van der Waals surface area (Å²) >= 11 is 2.72. The van der Waals surface area contributed by atoms with E-state index in [-0.39, 0.29) is 11.2 Å². The fourth-order valence-electron chi connectivity index (χ4n) is 1.46. The van der Waals surface area contributed by atoms with E-state index in [1.165, 1.54) is 23.1 Å². The predicted octanol–water partition coefficient (Wildman–Crippen LogP) is 2.12. The summed E-state index contributed by atoms with van der Waals surface area (Å²) in [5, 5.41) is 11.7. The monoisotopic (exact) mass is 324 g/mol. The van der Waals surface area contributed by atoms with Crippen molar-refractivity contribution in [2.24, 2.45) is 5.73 Å². The van der Waals surface area contributed by atoms with Gasteiger partial charge in [0.2, 0.25) is 11.0 Å². The fraction of sp³-hybridized carbons (Fsp3) is 0.308. The van der Waals surface area contributed by atoms with Crippen molar-refractivity contribution in [2.45, 2.75) is 23.1 Å². The molecule has 0 saturated carbocycles. The Morgan fingerprint density at radius 1 is 1.43 bits per heavy atom. The van der Waals surface area contributed by atoms with Gasteiger partial charge in [-0.3, -0.25) is 4.79 Å². The van der Waals surface area contributed by atoms with E-state index in [0.29, 0.717) is 11.7 Å². The third kappa shape index (κ3) is 4.61. The Morgan fingerprint density at radius 2 is 2.14 bits per heavy atom. The number of anilines is 1. The quantitative estimate of drug-likeness (QED) is 0.758. The number of hydrogen-bond acceptors (Lipinski definition) is 7. The third-order valence-corrected chi connectivity index (χ3v) is 4.77. The summed E-state index contributed by atoms with van der Waals surface area (Å²) in [5.74, 6) is 0.469. The van der Waals surface area contributed by atoms with E-state index in [9.17, 15) is 4.79 Å². The summed E-state index contributed by atoms with van der Waals surface area (Å²) in [6, 6.07) is 7.79. The Kier molecular flexibility index (Phi) is 5.40.